The van der Waals surface area contributed by atoms with E-state index in [2.05, 4.69) is 15.4 Å². The van der Waals surface area contributed by atoms with Crippen molar-refractivity contribution in [3.63, 3.8) is 0 Å². The van der Waals surface area contributed by atoms with Gasteiger partial charge in [0.05, 0.1) is 0 Å². The molecule has 0 unspecified atom stereocenters. The Hall–Kier alpha value is -0.920. The zero-order valence-electron chi connectivity index (χ0n) is 6.11. The number of hydrogen-bond acceptors (Lipinski definition) is 5. The summed E-state index contributed by atoms with van der Waals surface area (Å²) in [7, 11) is 0. The van der Waals surface area contributed by atoms with Crippen LogP contribution in [0.15, 0.2) is 15.0 Å². The molecular weight excluding hydrogens is 273 g/mol. The van der Waals surface area contributed by atoms with Crippen LogP contribution in [0.4, 0.5) is 0 Å². The number of aromatic nitrogens is 3. The van der Waals surface area contributed by atoms with Crippen LogP contribution in [0.5, 0.6) is 0 Å². The van der Waals surface area contributed by atoms with E-state index in [4.69, 9.17) is 8.94 Å². The van der Waals surface area contributed by atoms with Gasteiger partial charge >= 0.3 is 0 Å². The summed E-state index contributed by atoms with van der Waals surface area (Å²) in [5, 5.41) is 11.2. The second-order valence-corrected chi connectivity index (χ2v) is 3.11. The largest absolute Gasteiger partial charge is 0.410 e. The van der Waals surface area contributed by atoms with Crippen LogP contribution in [0.25, 0.3) is 11.6 Å². The maximum Gasteiger partial charge on any atom is 0.278 e. The van der Waals surface area contributed by atoms with Crippen LogP contribution in [0.1, 0.15) is 5.76 Å². The highest BCUT2D eigenvalue weighted by Crippen LogP contribution is 2.17. The first-order chi connectivity index (χ1) is 5.75. The molecule has 0 aliphatic rings. The van der Waals surface area contributed by atoms with E-state index in [9.17, 15) is 0 Å². The Balaban J connectivity index is 2.43. The number of nitrogens with zero attached hydrogens (tertiary/aromatic N) is 3. The maximum absolute atomic E-state index is 5.12. The molecule has 2 rings (SSSR count). The van der Waals surface area contributed by atoms with Crippen molar-refractivity contribution in [1.29, 1.82) is 0 Å². The van der Waals surface area contributed by atoms with Crippen LogP contribution in [0.3, 0.4) is 0 Å². The third-order valence-corrected chi connectivity index (χ3v) is 1.68. The molecule has 2 aromatic heterocycles. The third-order valence-electron chi connectivity index (χ3n) is 1.25. The molecule has 0 amide bonds. The lowest BCUT2D eigenvalue weighted by molar-refractivity contribution is 0.396. The van der Waals surface area contributed by atoms with Gasteiger partial charge in [0.25, 0.3) is 9.79 Å². The molecule has 2 heterocycles. The van der Waals surface area contributed by atoms with Crippen molar-refractivity contribution in [3.8, 4) is 11.6 Å². The van der Waals surface area contributed by atoms with Crippen LogP contribution in [-0.4, -0.2) is 15.4 Å². The fourth-order valence-corrected chi connectivity index (χ4v) is 1.09. The quantitative estimate of drug-likeness (QED) is 0.741. The lowest BCUT2D eigenvalue weighted by Crippen LogP contribution is -1.75. The summed E-state index contributed by atoms with van der Waals surface area (Å²) in [6.07, 6.45) is 0. The Morgan fingerprint density at radius 1 is 1.42 bits per heavy atom. The van der Waals surface area contributed by atoms with Gasteiger partial charge in [0.2, 0.25) is 0 Å². The number of rotatable bonds is 1. The summed E-state index contributed by atoms with van der Waals surface area (Å²) in [4.78, 5) is 0. The normalized spacial score (nSPS) is 10.5. The number of halogens is 1. The van der Waals surface area contributed by atoms with Gasteiger partial charge in [-0.15, -0.1) is 10.2 Å². The summed E-state index contributed by atoms with van der Waals surface area (Å²) in [6.45, 7) is 1.80. The second kappa shape index (κ2) is 2.85. The number of hydrogen-bond donors (Lipinski definition) is 0. The van der Waals surface area contributed by atoms with E-state index >= 15 is 0 Å². The van der Waals surface area contributed by atoms with E-state index in [1.807, 2.05) is 22.6 Å². The number of aryl methyl sites for hydroxylation is 1. The molecule has 12 heavy (non-hydrogen) atoms. The first kappa shape index (κ1) is 7.71. The molecule has 0 aliphatic carbocycles. The molecule has 0 N–H and O–H groups in total. The zero-order valence-corrected chi connectivity index (χ0v) is 8.27. The smallest absolute Gasteiger partial charge is 0.278 e. The fraction of sp³-hybridized carbons (Fsp3) is 0.167. The minimum Gasteiger partial charge on any atom is -0.410 e. The van der Waals surface area contributed by atoms with Crippen molar-refractivity contribution < 1.29 is 8.94 Å². The predicted octanol–water partition coefficient (Wildman–Crippen LogP) is 1.64. The summed E-state index contributed by atoms with van der Waals surface area (Å²) >= 11 is 1.94. The molecule has 5 nitrogen and oxygen atoms in total. The molecule has 0 aromatic carbocycles. The van der Waals surface area contributed by atoms with E-state index in [1.54, 1.807) is 13.0 Å². The van der Waals surface area contributed by atoms with Gasteiger partial charge in [0.15, 0.2) is 5.69 Å². The Labute approximate surface area is 81.3 Å². The van der Waals surface area contributed by atoms with Gasteiger partial charge in [0.1, 0.15) is 5.76 Å². The molecule has 6 heteroatoms. The van der Waals surface area contributed by atoms with Gasteiger partial charge in [-0.3, -0.25) is 0 Å². The molecule has 0 fully saturated rings. The van der Waals surface area contributed by atoms with Crippen LogP contribution >= 0.6 is 22.6 Å². The summed E-state index contributed by atoms with van der Waals surface area (Å²) in [5.41, 5.74) is 0.572. The highest BCUT2D eigenvalue weighted by atomic mass is 127. The van der Waals surface area contributed by atoms with Gasteiger partial charge in [-0.05, 0) is 6.92 Å². The zero-order chi connectivity index (χ0) is 8.55. The second-order valence-electron chi connectivity index (χ2n) is 2.18. The molecule has 0 atom stereocenters. The standard InChI is InChI=1S/C6H4IN3O2/c1-3-2-4(10-12-3)5-8-9-6(7)11-5/h2H,1H3. The molecule has 0 saturated carbocycles. The molecule has 0 aliphatic heterocycles. The maximum atomic E-state index is 5.12. The van der Waals surface area contributed by atoms with Crippen LogP contribution in [0.2, 0.25) is 0 Å². The molecule has 0 saturated heterocycles. The summed E-state index contributed by atoms with van der Waals surface area (Å²) in [5.74, 6) is 1.11. The third kappa shape index (κ3) is 1.33. The average Bonchev–Trinajstić information content (AvgIpc) is 2.58. The van der Waals surface area contributed by atoms with E-state index in [0.29, 0.717) is 15.5 Å². The topological polar surface area (TPSA) is 65.0 Å². The van der Waals surface area contributed by atoms with Crippen molar-refractivity contribution in [2.24, 2.45) is 0 Å². The highest BCUT2D eigenvalue weighted by molar-refractivity contribution is 14.1. The van der Waals surface area contributed by atoms with Gasteiger partial charge in [0, 0.05) is 28.7 Å². The Morgan fingerprint density at radius 3 is 2.75 bits per heavy atom. The minimum atomic E-state index is 0.385. The van der Waals surface area contributed by atoms with E-state index < -0.39 is 0 Å². The van der Waals surface area contributed by atoms with E-state index in [-0.39, 0.29) is 0 Å². The van der Waals surface area contributed by atoms with E-state index in [1.165, 1.54) is 0 Å². The lowest BCUT2D eigenvalue weighted by atomic mass is 10.4. The van der Waals surface area contributed by atoms with Crippen molar-refractivity contribution in [2.45, 2.75) is 6.92 Å². The van der Waals surface area contributed by atoms with Crippen LogP contribution < -0.4 is 0 Å². The molecule has 0 spiro atoms. The fourth-order valence-electron chi connectivity index (χ4n) is 0.776. The van der Waals surface area contributed by atoms with Crippen LogP contribution in [0, 0.1) is 10.8 Å². The van der Waals surface area contributed by atoms with E-state index in [0.717, 1.165) is 5.76 Å². The first-order valence-corrected chi connectivity index (χ1v) is 4.26. The average molecular weight is 277 g/mol. The van der Waals surface area contributed by atoms with Gasteiger partial charge in [-0.1, -0.05) is 5.16 Å². The Kier molecular flexibility index (Phi) is 1.83. The van der Waals surface area contributed by atoms with Crippen molar-refractivity contribution >= 4 is 22.6 Å². The molecule has 0 bridgehead atoms. The van der Waals surface area contributed by atoms with Gasteiger partial charge < -0.3 is 8.94 Å². The molecule has 0 radical (unpaired) electrons. The van der Waals surface area contributed by atoms with Gasteiger partial charge in [-0.25, -0.2) is 0 Å². The monoisotopic (exact) mass is 277 g/mol. The Bertz CT molecular complexity index is 357. The van der Waals surface area contributed by atoms with Gasteiger partial charge in [-0.2, -0.15) is 0 Å². The minimum absolute atomic E-state index is 0.385. The highest BCUT2D eigenvalue weighted by Gasteiger charge is 2.10. The Morgan fingerprint density at radius 2 is 2.25 bits per heavy atom. The van der Waals surface area contributed by atoms with Crippen LogP contribution in [-0.2, 0) is 0 Å². The summed E-state index contributed by atoms with van der Waals surface area (Å²) < 4.78 is 10.5. The molecule has 2 aromatic rings. The van der Waals surface area contributed by atoms with Crippen molar-refractivity contribution in [2.75, 3.05) is 0 Å². The SMILES string of the molecule is Cc1cc(-c2nnc(I)o2)no1. The lowest BCUT2D eigenvalue weighted by Gasteiger charge is -1.79. The summed E-state index contributed by atoms with van der Waals surface area (Å²) in [6, 6.07) is 1.74. The van der Waals surface area contributed by atoms with Crippen molar-refractivity contribution in [1.82, 2.24) is 15.4 Å². The first-order valence-electron chi connectivity index (χ1n) is 3.18. The molecular formula is C6H4IN3O2. The predicted molar refractivity (Wildman–Crippen MR) is 47.2 cm³/mol. The molecule has 62 valence electrons. The van der Waals surface area contributed by atoms with Crippen molar-refractivity contribution in [3.05, 3.63) is 15.7 Å².